The molecule has 5 atom stereocenters. The van der Waals surface area contributed by atoms with Gasteiger partial charge in [0.2, 0.25) is 0 Å². The van der Waals surface area contributed by atoms with Gasteiger partial charge in [0, 0.05) is 12.8 Å². The number of esters is 2. The van der Waals surface area contributed by atoms with Gasteiger partial charge >= 0.3 is 19.8 Å². The number of allylic oxidation sites excluding steroid dienone is 14. The predicted molar refractivity (Wildman–Crippen MR) is 235 cm³/mol. The summed E-state index contributed by atoms with van der Waals surface area (Å²) in [6, 6.07) is 0. The second-order valence-corrected chi connectivity index (χ2v) is 15.1. The highest BCUT2D eigenvalue weighted by Crippen LogP contribution is 2.43. The number of carbonyl (C=O) groups is 2. The minimum atomic E-state index is -4.68. The largest absolute Gasteiger partial charge is 0.472 e. The molecule has 0 rings (SSSR count). The van der Waals surface area contributed by atoms with Gasteiger partial charge in [-0.3, -0.25) is 18.6 Å². The maximum atomic E-state index is 12.6. The molecule has 0 fully saturated rings. The Kier molecular flexibility index (Phi) is 37.6. The number of unbranched alkanes of at least 4 members (excludes halogenated alkanes) is 6. The molecule has 5 N–H and O–H groups in total. The van der Waals surface area contributed by atoms with Crippen LogP contribution in [0.3, 0.4) is 0 Å². The summed E-state index contributed by atoms with van der Waals surface area (Å²) in [4.78, 5) is 35.0. The summed E-state index contributed by atoms with van der Waals surface area (Å²) >= 11 is 0. The van der Waals surface area contributed by atoms with Gasteiger partial charge < -0.3 is 34.8 Å². The molecule has 334 valence electrons. The van der Waals surface area contributed by atoms with E-state index in [1.807, 2.05) is 49.5 Å². The summed E-state index contributed by atoms with van der Waals surface area (Å²) in [6.07, 6.45) is 42.7. The van der Waals surface area contributed by atoms with Gasteiger partial charge in [0.05, 0.1) is 32.0 Å². The van der Waals surface area contributed by atoms with Crippen molar-refractivity contribution in [1.82, 2.24) is 0 Å². The number of aliphatic hydroxyl groups excluding tert-OH is 4. The fourth-order valence-corrected chi connectivity index (χ4v) is 5.65. The van der Waals surface area contributed by atoms with Crippen molar-refractivity contribution >= 4 is 19.8 Å². The van der Waals surface area contributed by atoms with Crippen LogP contribution < -0.4 is 0 Å². The molecule has 0 amide bonds. The highest BCUT2D eigenvalue weighted by atomic mass is 31.2. The molecule has 0 heterocycles. The molecule has 0 radical (unpaired) electrons. The Bertz CT molecular complexity index is 1380. The molecule has 0 aliphatic carbocycles. The zero-order valence-electron chi connectivity index (χ0n) is 35.4. The van der Waals surface area contributed by atoms with Gasteiger partial charge in [-0.1, -0.05) is 142 Å². The molecule has 0 aliphatic heterocycles. The molecule has 0 aliphatic rings. The van der Waals surface area contributed by atoms with Crippen molar-refractivity contribution in [2.45, 2.75) is 141 Å². The molecule has 0 aromatic carbocycles. The first-order valence-corrected chi connectivity index (χ1v) is 22.6. The van der Waals surface area contributed by atoms with Crippen LogP contribution in [-0.2, 0) is 32.7 Å². The molecule has 12 nitrogen and oxygen atoms in total. The molecule has 0 spiro atoms. The number of hydrogen-bond acceptors (Lipinski definition) is 11. The third-order valence-electron chi connectivity index (χ3n) is 8.10. The molecule has 0 aromatic rings. The highest BCUT2D eigenvalue weighted by molar-refractivity contribution is 7.47. The van der Waals surface area contributed by atoms with Gasteiger partial charge in [0.1, 0.15) is 12.7 Å². The van der Waals surface area contributed by atoms with E-state index in [0.717, 1.165) is 57.8 Å². The number of phosphoric acid groups is 1. The first-order chi connectivity index (χ1) is 28.5. The van der Waals surface area contributed by atoms with Crippen LogP contribution in [-0.4, -0.2) is 88.1 Å². The monoisotopic (exact) mass is 848 g/mol. The standard InChI is InChI=1S/C46H73O12P/c1-3-5-7-8-9-10-11-12-13-14-15-16-20-23-29-36-46(52)58-44(40-57-59(53,54)56-38-43(50)37-47)39-55-45(51)35-30-24-28-34-42(49)33-27-22-19-17-18-21-26-32-41(48)31-25-6-4-2/h5-7,9-10,12-13,18-19,21-22,25-28,32-34,41-44,47-50H,3-4,8,11,14-17,20,23-24,29-31,35-40H2,1-2H3,(H,53,54)/b7-5-,10-9-,13-12-,21-18-,22-19-,25-6-,32-26+,33-27+,34-28-/t41-,42-,43+,44-/m1/s1. The normalized spacial score (nSPS) is 16.0. The van der Waals surface area contributed by atoms with Crippen molar-refractivity contribution in [3.8, 4) is 0 Å². The summed E-state index contributed by atoms with van der Waals surface area (Å²) in [7, 11) is -4.68. The average molecular weight is 849 g/mol. The Morgan fingerprint density at radius 1 is 0.593 bits per heavy atom. The molecule has 1 unspecified atom stereocenters. The minimum absolute atomic E-state index is 0.0442. The van der Waals surface area contributed by atoms with E-state index >= 15 is 0 Å². The van der Waals surface area contributed by atoms with Crippen LogP contribution in [0.15, 0.2) is 109 Å². The van der Waals surface area contributed by atoms with Crippen LogP contribution in [0.5, 0.6) is 0 Å². The van der Waals surface area contributed by atoms with Crippen LogP contribution in [0.2, 0.25) is 0 Å². The Morgan fingerprint density at radius 3 is 1.88 bits per heavy atom. The first-order valence-electron chi connectivity index (χ1n) is 21.1. The van der Waals surface area contributed by atoms with E-state index < -0.39 is 70.6 Å². The molecule has 0 saturated heterocycles. The van der Waals surface area contributed by atoms with Crippen molar-refractivity contribution in [2.75, 3.05) is 26.4 Å². The summed E-state index contributed by atoms with van der Waals surface area (Å²) < 4.78 is 32.5. The van der Waals surface area contributed by atoms with Gasteiger partial charge in [-0.2, -0.15) is 0 Å². The number of ether oxygens (including phenoxy) is 2. The Morgan fingerprint density at radius 2 is 1.17 bits per heavy atom. The molecule has 13 heteroatoms. The van der Waals surface area contributed by atoms with Gasteiger partial charge in [-0.05, 0) is 70.6 Å². The second kappa shape index (κ2) is 40.0. The molecule has 0 aromatic heterocycles. The smallest absolute Gasteiger partial charge is 0.462 e. The lowest BCUT2D eigenvalue weighted by Gasteiger charge is -2.20. The SMILES string of the molecule is CC/C=C\C/C=C\C/C=C\CCCCCCCC(=O)O[C@H](COC(=O)CCC/C=C\[C@H](O)/C=C/C=C\C/C=C\C=C\[C@H](O)C/C=C\CC)COP(=O)(O)OC[C@@H](O)CO. The van der Waals surface area contributed by atoms with Gasteiger partial charge in [-0.25, -0.2) is 4.57 Å². The predicted octanol–water partition coefficient (Wildman–Crippen LogP) is 8.94. The third-order valence-corrected chi connectivity index (χ3v) is 9.05. The molecular formula is C46H73O12P. The number of hydrogen-bond donors (Lipinski definition) is 5. The summed E-state index contributed by atoms with van der Waals surface area (Å²) in [5.74, 6) is -1.14. The number of carbonyl (C=O) groups excluding carboxylic acids is 2. The summed E-state index contributed by atoms with van der Waals surface area (Å²) in [5.41, 5.74) is 0. The first kappa shape index (κ1) is 55.5. The zero-order chi connectivity index (χ0) is 43.7. The highest BCUT2D eigenvalue weighted by Gasteiger charge is 2.27. The van der Waals surface area contributed by atoms with Crippen molar-refractivity contribution in [3.05, 3.63) is 109 Å². The third kappa shape index (κ3) is 39.8. The van der Waals surface area contributed by atoms with Crippen LogP contribution in [0.4, 0.5) is 0 Å². The van der Waals surface area contributed by atoms with Crippen LogP contribution >= 0.6 is 7.82 Å². The fraction of sp³-hybridized carbons (Fsp3) is 0.565. The molecule has 0 saturated carbocycles. The fourth-order valence-electron chi connectivity index (χ4n) is 4.86. The lowest BCUT2D eigenvalue weighted by Crippen LogP contribution is -2.29. The van der Waals surface area contributed by atoms with Crippen LogP contribution in [0, 0.1) is 0 Å². The maximum Gasteiger partial charge on any atom is 0.472 e. The van der Waals surface area contributed by atoms with E-state index in [-0.39, 0.29) is 12.8 Å². The lowest BCUT2D eigenvalue weighted by atomic mass is 10.1. The zero-order valence-corrected chi connectivity index (χ0v) is 36.3. The van der Waals surface area contributed by atoms with Gasteiger partial charge in [0.15, 0.2) is 6.10 Å². The van der Waals surface area contributed by atoms with Crippen LogP contribution in [0.25, 0.3) is 0 Å². The van der Waals surface area contributed by atoms with E-state index in [1.165, 1.54) is 0 Å². The van der Waals surface area contributed by atoms with E-state index in [9.17, 15) is 34.4 Å². The van der Waals surface area contributed by atoms with E-state index in [0.29, 0.717) is 32.1 Å². The lowest BCUT2D eigenvalue weighted by molar-refractivity contribution is -0.161. The minimum Gasteiger partial charge on any atom is -0.462 e. The van der Waals surface area contributed by atoms with Crippen molar-refractivity contribution < 1.29 is 58.0 Å². The second-order valence-electron chi connectivity index (χ2n) is 13.6. The number of phosphoric ester groups is 1. The maximum absolute atomic E-state index is 12.6. The van der Waals surface area contributed by atoms with Crippen LogP contribution in [0.1, 0.15) is 117 Å². The number of aliphatic hydroxyl groups is 4. The molecular weight excluding hydrogens is 775 g/mol. The summed E-state index contributed by atoms with van der Waals surface area (Å²) in [5, 5.41) is 38.3. The van der Waals surface area contributed by atoms with E-state index in [1.54, 1.807) is 30.4 Å². The van der Waals surface area contributed by atoms with Crippen molar-refractivity contribution in [2.24, 2.45) is 0 Å². The van der Waals surface area contributed by atoms with Crippen molar-refractivity contribution in [3.63, 3.8) is 0 Å². The summed E-state index contributed by atoms with van der Waals surface area (Å²) in [6.45, 7) is 1.80. The average Bonchev–Trinajstić information content (AvgIpc) is 3.21. The molecule has 0 bridgehead atoms. The van der Waals surface area contributed by atoms with Gasteiger partial charge in [0.25, 0.3) is 0 Å². The number of rotatable bonds is 37. The van der Waals surface area contributed by atoms with E-state index in [4.69, 9.17) is 19.1 Å². The molecule has 59 heavy (non-hydrogen) atoms. The Balaban J connectivity index is 4.61. The quantitative estimate of drug-likeness (QED) is 0.0131. The Hall–Kier alpha value is -3.45. The van der Waals surface area contributed by atoms with E-state index in [2.05, 4.69) is 47.9 Å². The van der Waals surface area contributed by atoms with Gasteiger partial charge in [-0.15, -0.1) is 0 Å². The topological polar surface area (TPSA) is 189 Å². The van der Waals surface area contributed by atoms with Crippen molar-refractivity contribution in [1.29, 1.82) is 0 Å². The Labute approximate surface area is 353 Å².